The SMILES string of the molecule is Cc1cnc(NN)nc1Nc1c(F)cccc1F. The summed E-state index contributed by atoms with van der Waals surface area (Å²) >= 11 is 0. The van der Waals surface area contributed by atoms with E-state index in [9.17, 15) is 8.78 Å². The van der Waals surface area contributed by atoms with Crippen LogP contribution in [0, 0.1) is 18.6 Å². The van der Waals surface area contributed by atoms with Crippen LogP contribution in [0.3, 0.4) is 0 Å². The van der Waals surface area contributed by atoms with E-state index < -0.39 is 11.6 Å². The van der Waals surface area contributed by atoms with Gasteiger partial charge >= 0.3 is 0 Å². The Labute approximate surface area is 102 Å². The third-order valence-electron chi connectivity index (χ3n) is 2.31. The van der Waals surface area contributed by atoms with Gasteiger partial charge in [-0.05, 0) is 19.1 Å². The van der Waals surface area contributed by atoms with E-state index in [-0.39, 0.29) is 17.5 Å². The van der Waals surface area contributed by atoms with Gasteiger partial charge in [-0.2, -0.15) is 4.98 Å². The van der Waals surface area contributed by atoms with Crippen LogP contribution in [0.25, 0.3) is 0 Å². The zero-order chi connectivity index (χ0) is 13.1. The van der Waals surface area contributed by atoms with Crippen molar-refractivity contribution in [1.82, 2.24) is 9.97 Å². The van der Waals surface area contributed by atoms with Gasteiger partial charge in [-0.1, -0.05) is 6.07 Å². The number of aryl methyl sites for hydroxylation is 1. The van der Waals surface area contributed by atoms with Gasteiger partial charge in [-0.3, -0.25) is 5.43 Å². The van der Waals surface area contributed by atoms with Gasteiger partial charge < -0.3 is 5.32 Å². The summed E-state index contributed by atoms with van der Waals surface area (Å²) in [5, 5.41) is 2.59. The molecule has 1 aromatic carbocycles. The number of aromatic nitrogens is 2. The highest BCUT2D eigenvalue weighted by molar-refractivity contribution is 5.61. The summed E-state index contributed by atoms with van der Waals surface area (Å²) < 4.78 is 26.9. The molecule has 18 heavy (non-hydrogen) atoms. The second kappa shape index (κ2) is 4.92. The fraction of sp³-hybridized carbons (Fsp3) is 0.0909. The topological polar surface area (TPSA) is 75.9 Å². The molecule has 0 bridgehead atoms. The number of nitrogens with two attached hydrogens (primary N) is 1. The van der Waals surface area contributed by atoms with Crippen LogP contribution in [0.2, 0.25) is 0 Å². The molecule has 0 radical (unpaired) electrons. The summed E-state index contributed by atoms with van der Waals surface area (Å²) in [6.07, 6.45) is 1.49. The van der Waals surface area contributed by atoms with Gasteiger partial charge in [0, 0.05) is 11.8 Å². The number of benzene rings is 1. The lowest BCUT2D eigenvalue weighted by Gasteiger charge is -2.10. The van der Waals surface area contributed by atoms with Gasteiger partial charge in [0.25, 0.3) is 0 Å². The van der Waals surface area contributed by atoms with E-state index >= 15 is 0 Å². The normalized spacial score (nSPS) is 10.2. The average Bonchev–Trinajstić information content (AvgIpc) is 2.36. The van der Waals surface area contributed by atoms with Gasteiger partial charge in [0.15, 0.2) is 0 Å². The molecule has 0 spiro atoms. The van der Waals surface area contributed by atoms with Crippen molar-refractivity contribution in [3.05, 3.63) is 41.6 Å². The van der Waals surface area contributed by atoms with E-state index in [4.69, 9.17) is 5.84 Å². The molecule has 7 heteroatoms. The van der Waals surface area contributed by atoms with Crippen molar-refractivity contribution in [3.63, 3.8) is 0 Å². The Morgan fingerprint density at radius 3 is 2.50 bits per heavy atom. The van der Waals surface area contributed by atoms with Crippen LogP contribution in [-0.2, 0) is 0 Å². The number of halogens is 2. The van der Waals surface area contributed by atoms with Crippen molar-refractivity contribution in [2.45, 2.75) is 6.92 Å². The number of rotatable bonds is 3. The summed E-state index contributed by atoms with van der Waals surface area (Å²) in [7, 11) is 0. The minimum Gasteiger partial charge on any atom is -0.335 e. The first-order valence-corrected chi connectivity index (χ1v) is 5.13. The number of para-hydroxylation sites is 1. The highest BCUT2D eigenvalue weighted by Crippen LogP contribution is 2.24. The summed E-state index contributed by atoms with van der Waals surface area (Å²) in [6.45, 7) is 1.71. The second-order valence-electron chi connectivity index (χ2n) is 3.59. The Hall–Kier alpha value is -2.28. The molecule has 4 N–H and O–H groups in total. The van der Waals surface area contributed by atoms with Crippen molar-refractivity contribution < 1.29 is 8.78 Å². The highest BCUT2D eigenvalue weighted by Gasteiger charge is 2.11. The van der Waals surface area contributed by atoms with Gasteiger partial charge in [-0.25, -0.2) is 19.6 Å². The maximum Gasteiger partial charge on any atom is 0.239 e. The third-order valence-corrected chi connectivity index (χ3v) is 2.31. The van der Waals surface area contributed by atoms with Crippen LogP contribution in [0.5, 0.6) is 0 Å². The van der Waals surface area contributed by atoms with Gasteiger partial charge in [0.2, 0.25) is 5.95 Å². The molecule has 0 atom stereocenters. The molecule has 0 aliphatic carbocycles. The Kier molecular flexibility index (Phi) is 3.33. The molecular weight excluding hydrogens is 240 g/mol. The third kappa shape index (κ3) is 2.35. The maximum atomic E-state index is 13.5. The average molecular weight is 251 g/mol. The Morgan fingerprint density at radius 1 is 1.22 bits per heavy atom. The molecule has 0 fully saturated rings. The number of hydrogen-bond acceptors (Lipinski definition) is 5. The molecule has 0 amide bonds. The molecule has 5 nitrogen and oxygen atoms in total. The number of hydrazine groups is 1. The van der Waals surface area contributed by atoms with Crippen molar-refractivity contribution in [2.24, 2.45) is 5.84 Å². The molecule has 0 aliphatic rings. The predicted molar refractivity (Wildman–Crippen MR) is 64.2 cm³/mol. The van der Waals surface area contributed by atoms with Crippen LogP contribution < -0.4 is 16.6 Å². The zero-order valence-electron chi connectivity index (χ0n) is 9.54. The second-order valence-corrected chi connectivity index (χ2v) is 3.59. The van der Waals surface area contributed by atoms with E-state index in [2.05, 4.69) is 20.7 Å². The van der Waals surface area contributed by atoms with Crippen LogP contribution >= 0.6 is 0 Å². The van der Waals surface area contributed by atoms with Crippen molar-refractivity contribution in [1.29, 1.82) is 0 Å². The number of nitrogens with zero attached hydrogens (tertiary/aromatic N) is 2. The number of anilines is 3. The molecule has 0 saturated carbocycles. The minimum atomic E-state index is -0.699. The summed E-state index contributed by atoms with van der Waals surface area (Å²) in [4.78, 5) is 7.85. The van der Waals surface area contributed by atoms with Crippen molar-refractivity contribution >= 4 is 17.5 Å². The first-order chi connectivity index (χ1) is 8.61. The molecule has 0 unspecified atom stereocenters. The lowest BCUT2D eigenvalue weighted by molar-refractivity contribution is 0.590. The van der Waals surface area contributed by atoms with Gasteiger partial charge in [0.05, 0.1) is 0 Å². The summed E-state index contributed by atoms with van der Waals surface area (Å²) in [5.41, 5.74) is 2.63. The maximum absolute atomic E-state index is 13.5. The smallest absolute Gasteiger partial charge is 0.239 e. The van der Waals surface area contributed by atoms with Crippen LogP contribution in [0.4, 0.5) is 26.2 Å². The fourth-order valence-electron chi connectivity index (χ4n) is 1.37. The number of hydrogen-bond donors (Lipinski definition) is 3. The van der Waals surface area contributed by atoms with Crippen molar-refractivity contribution in [3.8, 4) is 0 Å². The largest absolute Gasteiger partial charge is 0.335 e. The highest BCUT2D eigenvalue weighted by atomic mass is 19.1. The molecule has 1 heterocycles. The lowest BCUT2D eigenvalue weighted by Crippen LogP contribution is -2.12. The summed E-state index contributed by atoms with van der Waals surface area (Å²) in [5.74, 6) is 4.21. The zero-order valence-corrected chi connectivity index (χ0v) is 9.54. The molecule has 2 rings (SSSR count). The van der Waals surface area contributed by atoms with E-state index in [0.717, 1.165) is 12.1 Å². The molecular formula is C11H11F2N5. The molecule has 2 aromatic rings. The van der Waals surface area contributed by atoms with Crippen LogP contribution in [0.15, 0.2) is 24.4 Å². The van der Waals surface area contributed by atoms with Gasteiger partial charge in [-0.15, -0.1) is 0 Å². The summed E-state index contributed by atoms with van der Waals surface area (Å²) in [6, 6.07) is 3.60. The predicted octanol–water partition coefficient (Wildman–Crippen LogP) is 2.09. The van der Waals surface area contributed by atoms with E-state index in [0.29, 0.717) is 5.56 Å². The Balaban J connectivity index is 2.39. The van der Waals surface area contributed by atoms with E-state index in [1.807, 2.05) is 0 Å². The fourth-order valence-corrected chi connectivity index (χ4v) is 1.37. The Morgan fingerprint density at radius 2 is 1.89 bits per heavy atom. The monoisotopic (exact) mass is 251 g/mol. The molecule has 94 valence electrons. The Bertz CT molecular complexity index is 553. The molecule has 0 aliphatic heterocycles. The first-order valence-electron chi connectivity index (χ1n) is 5.13. The standard InChI is InChI=1S/C11H11F2N5/c1-6-5-15-11(18-14)17-10(6)16-9-7(12)3-2-4-8(9)13/h2-5H,14H2,1H3,(H2,15,16,17,18). The van der Waals surface area contributed by atoms with E-state index in [1.165, 1.54) is 12.3 Å². The van der Waals surface area contributed by atoms with Crippen LogP contribution in [0.1, 0.15) is 5.56 Å². The van der Waals surface area contributed by atoms with Crippen LogP contribution in [-0.4, -0.2) is 9.97 Å². The minimum absolute atomic E-state index is 0.153. The van der Waals surface area contributed by atoms with Gasteiger partial charge in [0.1, 0.15) is 23.1 Å². The lowest BCUT2D eigenvalue weighted by atomic mass is 10.2. The molecule has 0 saturated heterocycles. The number of nitrogen functional groups attached to an aromatic ring is 1. The molecule has 1 aromatic heterocycles. The number of nitrogens with one attached hydrogen (secondary N) is 2. The first kappa shape index (κ1) is 12.2. The van der Waals surface area contributed by atoms with Crippen molar-refractivity contribution in [2.75, 3.05) is 10.7 Å². The van der Waals surface area contributed by atoms with E-state index in [1.54, 1.807) is 6.92 Å². The quantitative estimate of drug-likeness (QED) is 0.575.